The van der Waals surface area contributed by atoms with Crippen molar-refractivity contribution in [2.24, 2.45) is 0 Å². The SMILES string of the molecule is CC[C@@]1(c2ccccc2)NC(=O)N(CC(=O)Nc2ccc(C)c(S(=O)(=O)N3CCCCC3)c2)C1=O. The van der Waals surface area contributed by atoms with Crippen molar-refractivity contribution < 1.29 is 22.8 Å². The Bertz CT molecular complexity index is 1240. The number of urea groups is 1. The van der Waals surface area contributed by atoms with E-state index in [9.17, 15) is 22.8 Å². The fraction of sp³-hybridized carbons (Fsp3) is 0.400. The number of benzene rings is 2. The number of nitrogens with zero attached hydrogens (tertiary/aromatic N) is 2. The molecular weight excluding hydrogens is 468 g/mol. The summed E-state index contributed by atoms with van der Waals surface area (Å²) in [6, 6.07) is 13.0. The van der Waals surface area contributed by atoms with Crippen LogP contribution in [0, 0.1) is 6.92 Å². The van der Waals surface area contributed by atoms with E-state index >= 15 is 0 Å². The lowest BCUT2D eigenvalue weighted by Crippen LogP contribution is -2.44. The van der Waals surface area contributed by atoms with Crippen molar-refractivity contribution in [2.45, 2.75) is 50.0 Å². The zero-order chi connectivity index (χ0) is 25.2. The molecule has 0 saturated carbocycles. The highest BCUT2D eigenvalue weighted by atomic mass is 32.2. The summed E-state index contributed by atoms with van der Waals surface area (Å²) in [5.74, 6) is -1.10. The summed E-state index contributed by atoms with van der Waals surface area (Å²) in [6.45, 7) is 3.98. The molecule has 9 nitrogen and oxygen atoms in total. The third kappa shape index (κ3) is 4.68. The highest BCUT2D eigenvalue weighted by Gasteiger charge is 2.51. The zero-order valence-electron chi connectivity index (χ0n) is 19.9. The number of carbonyl (C=O) groups excluding carboxylic acids is 3. The van der Waals surface area contributed by atoms with Crippen LogP contribution in [0.2, 0.25) is 0 Å². The first-order chi connectivity index (χ1) is 16.7. The monoisotopic (exact) mass is 498 g/mol. The van der Waals surface area contributed by atoms with Crippen LogP contribution in [0.15, 0.2) is 53.4 Å². The fourth-order valence-corrected chi connectivity index (χ4v) is 6.44. The second kappa shape index (κ2) is 9.79. The van der Waals surface area contributed by atoms with E-state index in [4.69, 9.17) is 0 Å². The van der Waals surface area contributed by atoms with Crippen LogP contribution in [-0.2, 0) is 25.2 Å². The summed E-state index contributed by atoms with van der Waals surface area (Å²) < 4.78 is 27.8. The van der Waals surface area contributed by atoms with E-state index in [0.29, 0.717) is 30.6 Å². The van der Waals surface area contributed by atoms with Gasteiger partial charge in [0.1, 0.15) is 12.1 Å². The van der Waals surface area contributed by atoms with Crippen LogP contribution in [0.25, 0.3) is 0 Å². The second-order valence-corrected chi connectivity index (χ2v) is 10.8. The van der Waals surface area contributed by atoms with Gasteiger partial charge in [0.25, 0.3) is 5.91 Å². The molecule has 4 amide bonds. The molecule has 2 saturated heterocycles. The first-order valence-electron chi connectivity index (χ1n) is 11.8. The Kier molecular flexibility index (Phi) is 6.95. The van der Waals surface area contributed by atoms with Crippen molar-refractivity contribution in [1.29, 1.82) is 0 Å². The number of imide groups is 1. The number of hydrogen-bond acceptors (Lipinski definition) is 5. The number of carbonyl (C=O) groups is 3. The van der Waals surface area contributed by atoms with E-state index in [-0.39, 0.29) is 10.6 Å². The van der Waals surface area contributed by atoms with E-state index < -0.39 is 40.0 Å². The predicted molar refractivity (Wildman–Crippen MR) is 131 cm³/mol. The first kappa shape index (κ1) is 24.9. The molecule has 2 fully saturated rings. The van der Waals surface area contributed by atoms with Crippen molar-refractivity contribution in [1.82, 2.24) is 14.5 Å². The maximum absolute atomic E-state index is 13.2. The lowest BCUT2D eigenvalue weighted by molar-refractivity contribution is -0.134. The molecule has 0 spiro atoms. The molecule has 0 unspecified atom stereocenters. The lowest BCUT2D eigenvalue weighted by Gasteiger charge is -2.26. The van der Waals surface area contributed by atoms with Crippen molar-refractivity contribution in [2.75, 3.05) is 25.0 Å². The Morgan fingerprint density at radius 2 is 1.74 bits per heavy atom. The molecule has 0 aliphatic carbocycles. The summed E-state index contributed by atoms with van der Waals surface area (Å²) in [5.41, 5.74) is 0.291. The van der Waals surface area contributed by atoms with Gasteiger partial charge in [-0.15, -0.1) is 0 Å². The Hall–Kier alpha value is -3.24. The Labute approximate surface area is 205 Å². The van der Waals surface area contributed by atoms with Crippen LogP contribution in [-0.4, -0.2) is 55.1 Å². The van der Waals surface area contributed by atoms with Gasteiger partial charge in [-0.2, -0.15) is 4.31 Å². The molecule has 2 aromatic rings. The number of nitrogens with one attached hydrogen (secondary N) is 2. The molecule has 4 rings (SSSR count). The van der Waals surface area contributed by atoms with Gasteiger partial charge in [-0.05, 0) is 49.4 Å². The quantitative estimate of drug-likeness (QED) is 0.570. The normalized spacial score (nSPS) is 21.1. The highest BCUT2D eigenvalue weighted by molar-refractivity contribution is 7.89. The summed E-state index contributed by atoms with van der Waals surface area (Å²) in [5, 5.41) is 5.39. The highest BCUT2D eigenvalue weighted by Crippen LogP contribution is 2.32. The van der Waals surface area contributed by atoms with Crippen molar-refractivity contribution >= 4 is 33.6 Å². The minimum Gasteiger partial charge on any atom is -0.324 e. The number of anilines is 1. The number of piperidine rings is 1. The van der Waals surface area contributed by atoms with Gasteiger partial charge in [0.15, 0.2) is 0 Å². The van der Waals surface area contributed by atoms with Crippen LogP contribution in [0.4, 0.5) is 10.5 Å². The first-order valence-corrected chi connectivity index (χ1v) is 13.2. The Morgan fingerprint density at radius 3 is 2.40 bits per heavy atom. The molecule has 1 atom stereocenters. The number of hydrogen-bond donors (Lipinski definition) is 2. The van der Waals surface area contributed by atoms with Crippen molar-refractivity contribution in [3.63, 3.8) is 0 Å². The van der Waals surface area contributed by atoms with Gasteiger partial charge in [-0.25, -0.2) is 13.2 Å². The molecule has 35 heavy (non-hydrogen) atoms. The average molecular weight is 499 g/mol. The predicted octanol–water partition coefficient (Wildman–Crippen LogP) is 2.97. The van der Waals surface area contributed by atoms with Crippen molar-refractivity contribution in [3.05, 3.63) is 59.7 Å². The minimum atomic E-state index is -3.69. The maximum Gasteiger partial charge on any atom is 0.325 e. The van der Waals surface area contributed by atoms with E-state index in [0.717, 1.165) is 24.2 Å². The van der Waals surface area contributed by atoms with Gasteiger partial charge in [-0.1, -0.05) is 49.7 Å². The van der Waals surface area contributed by atoms with Gasteiger partial charge in [0.2, 0.25) is 15.9 Å². The van der Waals surface area contributed by atoms with Crippen LogP contribution >= 0.6 is 0 Å². The van der Waals surface area contributed by atoms with E-state index in [2.05, 4.69) is 10.6 Å². The lowest BCUT2D eigenvalue weighted by atomic mass is 9.87. The van der Waals surface area contributed by atoms with Crippen LogP contribution in [0.3, 0.4) is 0 Å². The van der Waals surface area contributed by atoms with Crippen LogP contribution in [0.1, 0.15) is 43.7 Å². The molecule has 2 aliphatic rings. The van der Waals surface area contributed by atoms with Crippen LogP contribution < -0.4 is 10.6 Å². The Morgan fingerprint density at radius 1 is 1.06 bits per heavy atom. The van der Waals surface area contributed by atoms with Gasteiger partial charge < -0.3 is 10.6 Å². The third-order valence-corrected chi connectivity index (χ3v) is 8.72. The standard InChI is InChI=1S/C25H30N4O5S/c1-3-25(19-10-6-4-7-11-19)23(31)29(24(32)27-25)17-22(30)26-20-13-12-18(2)21(16-20)35(33,34)28-14-8-5-9-15-28/h4,6-7,10-13,16H,3,5,8-9,14-15,17H2,1-2H3,(H,26,30)(H,27,32)/t25-/m0/s1. The largest absolute Gasteiger partial charge is 0.325 e. The molecule has 0 aromatic heterocycles. The maximum atomic E-state index is 13.2. The second-order valence-electron chi connectivity index (χ2n) is 8.94. The summed E-state index contributed by atoms with van der Waals surface area (Å²) in [6.07, 6.45) is 2.98. The van der Waals surface area contributed by atoms with E-state index in [1.807, 2.05) is 6.07 Å². The Balaban J connectivity index is 1.51. The molecule has 2 heterocycles. The van der Waals surface area contributed by atoms with E-state index in [1.165, 1.54) is 10.4 Å². The number of rotatable bonds is 7. The molecule has 186 valence electrons. The molecule has 2 N–H and O–H groups in total. The summed E-state index contributed by atoms with van der Waals surface area (Å²) in [7, 11) is -3.69. The van der Waals surface area contributed by atoms with Gasteiger partial charge in [-0.3, -0.25) is 14.5 Å². The number of amides is 4. The van der Waals surface area contributed by atoms with Gasteiger partial charge >= 0.3 is 6.03 Å². The number of sulfonamides is 1. The molecule has 2 aromatic carbocycles. The smallest absolute Gasteiger partial charge is 0.324 e. The third-order valence-electron chi connectivity index (χ3n) is 6.68. The topological polar surface area (TPSA) is 116 Å². The summed E-state index contributed by atoms with van der Waals surface area (Å²) in [4.78, 5) is 39.7. The average Bonchev–Trinajstić information content (AvgIpc) is 3.11. The number of aryl methyl sites for hydroxylation is 1. The minimum absolute atomic E-state index is 0.140. The molecule has 0 radical (unpaired) electrons. The summed E-state index contributed by atoms with van der Waals surface area (Å²) >= 11 is 0. The molecule has 0 bridgehead atoms. The molecule has 2 aliphatic heterocycles. The van der Waals surface area contributed by atoms with E-state index in [1.54, 1.807) is 50.2 Å². The van der Waals surface area contributed by atoms with Gasteiger partial charge in [0.05, 0.1) is 4.90 Å². The van der Waals surface area contributed by atoms with Crippen LogP contribution in [0.5, 0.6) is 0 Å². The zero-order valence-corrected chi connectivity index (χ0v) is 20.7. The molecular formula is C25H30N4O5S. The molecule has 10 heteroatoms. The van der Waals surface area contributed by atoms with Crippen molar-refractivity contribution in [3.8, 4) is 0 Å². The fourth-order valence-electron chi connectivity index (χ4n) is 4.68. The van der Waals surface area contributed by atoms with Gasteiger partial charge in [0, 0.05) is 18.8 Å².